The number of hydrogen-bond acceptors (Lipinski definition) is 3. The van der Waals surface area contributed by atoms with Crippen molar-refractivity contribution in [3.63, 3.8) is 0 Å². The molecule has 0 radical (unpaired) electrons. The Labute approximate surface area is 118 Å². The molecule has 3 nitrogen and oxygen atoms in total. The molecule has 0 aliphatic heterocycles. The topological polar surface area (TPSA) is 37.3 Å². The van der Waals surface area contributed by atoms with Crippen LogP contribution in [0, 0.1) is 6.92 Å². The summed E-state index contributed by atoms with van der Waals surface area (Å²) in [5, 5.41) is 5.39. The molecule has 1 aromatic heterocycles. The molecule has 98 valence electrons. The molecule has 0 atom stereocenters. The summed E-state index contributed by atoms with van der Waals surface area (Å²) >= 11 is 0. The van der Waals surface area contributed by atoms with E-state index in [1.807, 2.05) is 55.5 Å². The average Bonchev–Trinajstić information content (AvgIpc) is 2.49. The molecule has 0 spiro atoms. The molecule has 3 aromatic rings. The predicted octanol–water partition coefficient (Wildman–Crippen LogP) is 3.99. The number of hydrogen-bond donors (Lipinski definition) is 1. The van der Waals surface area contributed by atoms with Crippen molar-refractivity contribution in [1.29, 1.82) is 0 Å². The number of hydrazone groups is 1. The Morgan fingerprint density at radius 2 is 1.75 bits per heavy atom. The Morgan fingerprint density at radius 1 is 1.00 bits per heavy atom. The first-order valence-electron chi connectivity index (χ1n) is 6.53. The fraction of sp³-hybridized carbons (Fsp3) is 0.0588. The zero-order valence-electron chi connectivity index (χ0n) is 11.2. The third-order valence-corrected chi connectivity index (χ3v) is 3.11. The van der Waals surface area contributed by atoms with Gasteiger partial charge in [0.05, 0.1) is 23.1 Å². The van der Waals surface area contributed by atoms with E-state index < -0.39 is 0 Å². The second-order valence-electron chi connectivity index (χ2n) is 4.62. The zero-order valence-corrected chi connectivity index (χ0v) is 11.2. The van der Waals surface area contributed by atoms with Crippen LogP contribution in [0.4, 0.5) is 5.69 Å². The highest BCUT2D eigenvalue weighted by atomic mass is 15.3. The molecular weight excluding hydrogens is 246 g/mol. The molecule has 1 N–H and O–H groups in total. The van der Waals surface area contributed by atoms with Crippen LogP contribution in [-0.2, 0) is 0 Å². The van der Waals surface area contributed by atoms with Crippen molar-refractivity contribution in [2.24, 2.45) is 5.10 Å². The molecule has 0 saturated carbocycles. The Bertz CT molecular complexity index is 749. The largest absolute Gasteiger partial charge is 0.278 e. The van der Waals surface area contributed by atoms with Gasteiger partial charge in [-0.25, -0.2) is 4.98 Å². The summed E-state index contributed by atoms with van der Waals surface area (Å²) in [4.78, 5) is 4.62. The van der Waals surface area contributed by atoms with E-state index in [1.165, 1.54) is 0 Å². The van der Waals surface area contributed by atoms with Gasteiger partial charge in [-0.05, 0) is 36.8 Å². The fourth-order valence-corrected chi connectivity index (χ4v) is 2.05. The number of pyridine rings is 1. The third-order valence-electron chi connectivity index (χ3n) is 3.11. The van der Waals surface area contributed by atoms with Crippen molar-refractivity contribution in [1.82, 2.24) is 4.98 Å². The number of para-hydroxylation sites is 2. The van der Waals surface area contributed by atoms with Gasteiger partial charge < -0.3 is 0 Å². The lowest BCUT2D eigenvalue weighted by Crippen LogP contribution is -1.96. The number of benzene rings is 2. The van der Waals surface area contributed by atoms with Crippen molar-refractivity contribution < 1.29 is 0 Å². The maximum absolute atomic E-state index is 4.62. The number of anilines is 1. The van der Waals surface area contributed by atoms with E-state index in [1.54, 1.807) is 6.21 Å². The fourth-order valence-electron chi connectivity index (χ4n) is 2.05. The maximum Gasteiger partial charge on any atom is 0.0867 e. The molecule has 0 fully saturated rings. The van der Waals surface area contributed by atoms with Gasteiger partial charge >= 0.3 is 0 Å². The van der Waals surface area contributed by atoms with E-state index in [-0.39, 0.29) is 0 Å². The number of fused-ring (bicyclic) bond motifs is 1. The molecule has 0 amide bonds. The van der Waals surface area contributed by atoms with Crippen LogP contribution in [0.2, 0.25) is 0 Å². The first-order valence-corrected chi connectivity index (χ1v) is 6.53. The summed E-state index contributed by atoms with van der Waals surface area (Å²) in [5.74, 6) is 0. The van der Waals surface area contributed by atoms with E-state index in [0.717, 1.165) is 27.8 Å². The minimum atomic E-state index is 0.882. The highest BCUT2D eigenvalue weighted by Crippen LogP contribution is 2.15. The molecule has 0 saturated heterocycles. The molecule has 2 aromatic carbocycles. The number of nitrogens with zero attached hydrogens (tertiary/aromatic N) is 2. The maximum atomic E-state index is 4.62. The van der Waals surface area contributed by atoms with Gasteiger partial charge in [-0.15, -0.1) is 0 Å². The third kappa shape index (κ3) is 2.67. The first-order chi connectivity index (χ1) is 9.83. The normalized spacial score (nSPS) is 11.1. The lowest BCUT2D eigenvalue weighted by Gasteiger charge is -2.03. The summed E-state index contributed by atoms with van der Waals surface area (Å²) in [6.45, 7) is 2.04. The van der Waals surface area contributed by atoms with Crippen LogP contribution >= 0.6 is 0 Å². The van der Waals surface area contributed by atoms with Crippen LogP contribution in [0.15, 0.2) is 65.8 Å². The van der Waals surface area contributed by atoms with Crippen LogP contribution in [0.1, 0.15) is 11.3 Å². The van der Waals surface area contributed by atoms with Gasteiger partial charge in [0.1, 0.15) is 0 Å². The molecule has 0 aliphatic rings. The predicted molar refractivity (Wildman–Crippen MR) is 84.1 cm³/mol. The van der Waals surface area contributed by atoms with E-state index in [0.29, 0.717) is 0 Å². The van der Waals surface area contributed by atoms with E-state index in [2.05, 4.69) is 27.6 Å². The van der Waals surface area contributed by atoms with Crippen molar-refractivity contribution >= 4 is 22.8 Å². The van der Waals surface area contributed by atoms with Crippen LogP contribution in [0.25, 0.3) is 10.9 Å². The zero-order chi connectivity index (χ0) is 13.8. The summed E-state index contributed by atoms with van der Waals surface area (Å²) < 4.78 is 0. The molecule has 3 rings (SSSR count). The molecule has 0 aliphatic carbocycles. The van der Waals surface area contributed by atoms with Crippen molar-refractivity contribution in [2.75, 3.05) is 5.43 Å². The first kappa shape index (κ1) is 12.4. The molecule has 0 bridgehead atoms. The summed E-state index contributed by atoms with van der Waals surface area (Å²) in [5.41, 5.74) is 6.94. The molecular formula is C17H15N3. The minimum absolute atomic E-state index is 0.882. The average molecular weight is 261 g/mol. The summed E-state index contributed by atoms with van der Waals surface area (Å²) in [6.07, 6.45) is 1.76. The summed E-state index contributed by atoms with van der Waals surface area (Å²) in [7, 11) is 0. The standard InChI is InChI=1S/C17H15N3/c1-13-11-14-7-5-6-10-16(14)19-17(13)12-18-20-15-8-3-2-4-9-15/h2-12,20H,1H3. The van der Waals surface area contributed by atoms with Crippen LogP contribution in [0.3, 0.4) is 0 Å². The number of rotatable bonds is 3. The molecule has 0 unspecified atom stereocenters. The van der Waals surface area contributed by atoms with Gasteiger partial charge in [0, 0.05) is 5.39 Å². The highest BCUT2D eigenvalue weighted by Gasteiger charge is 2.00. The van der Waals surface area contributed by atoms with Gasteiger partial charge in [0.15, 0.2) is 0 Å². The number of nitrogens with one attached hydrogen (secondary N) is 1. The van der Waals surface area contributed by atoms with Crippen LogP contribution in [0.5, 0.6) is 0 Å². The Hall–Kier alpha value is -2.68. The second kappa shape index (κ2) is 5.53. The van der Waals surface area contributed by atoms with Crippen molar-refractivity contribution in [2.45, 2.75) is 6.92 Å². The second-order valence-corrected chi connectivity index (χ2v) is 4.62. The Morgan fingerprint density at radius 3 is 2.60 bits per heavy atom. The Kier molecular flexibility index (Phi) is 3.42. The minimum Gasteiger partial charge on any atom is -0.278 e. The number of aryl methyl sites for hydroxylation is 1. The van der Waals surface area contributed by atoms with E-state index in [4.69, 9.17) is 0 Å². The monoisotopic (exact) mass is 261 g/mol. The van der Waals surface area contributed by atoms with Crippen molar-refractivity contribution in [3.05, 3.63) is 71.9 Å². The quantitative estimate of drug-likeness (QED) is 0.571. The van der Waals surface area contributed by atoms with Gasteiger partial charge in [-0.2, -0.15) is 5.10 Å². The lowest BCUT2D eigenvalue weighted by molar-refractivity contribution is 1.28. The number of aromatic nitrogens is 1. The lowest BCUT2D eigenvalue weighted by atomic mass is 10.1. The van der Waals surface area contributed by atoms with Crippen molar-refractivity contribution in [3.8, 4) is 0 Å². The van der Waals surface area contributed by atoms with Gasteiger partial charge in [-0.3, -0.25) is 5.43 Å². The smallest absolute Gasteiger partial charge is 0.0867 e. The Balaban J connectivity index is 1.85. The molecule has 3 heteroatoms. The van der Waals surface area contributed by atoms with E-state index in [9.17, 15) is 0 Å². The SMILES string of the molecule is Cc1cc2ccccc2nc1C=NNc1ccccc1. The van der Waals surface area contributed by atoms with Crippen LogP contribution < -0.4 is 5.43 Å². The van der Waals surface area contributed by atoms with Gasteiger partial charge in [0.2, 0.25) is 0 Å². The van der Waals surface area contributed by atoms with E-state index >= 15 is 0 Å². The van der Waals surface area contributed by atoms with Crippen LogP contribution in [-0.4, -0.2) is 11.2 Å². The molecule has 1 heterocycles. The summed E-state index contributed by atoms with van der Waals surface area (Å²) in [6, 6.07) is 20.1. The van der Waals surface area contributed by atoms with Gasteiger partial charge in [-0.1, -0.05) is 36.4 Å². The van der Waals surface area contributed by atoms with Gasteiger partial charge in [0.25, 0.3) is 0 Å². The highest BCUT2D eigenvalue weighted by molar-refractivity contribution is 5.87. The molecule has 20 heavy (non-hydrogen) atoms.